The molecule has 1 heterocycles. The molecule has 0 aromatic heterocycles. The molecular weight excluding hydrogens is 302 g/mol. The van der Waals surface area contributed by atoms with E-state index in [9.17, 15) is 0 Å². The van der Waals surface area contributed by atoms with E-state index in [1.807, 2.05) is 0 Å². The van der Waals surface area contributed by atoms with E-state index in [1.165, 1.54) is 37.9 Å². The van der Waals surface area contributed by atoms with E-state index in [0.717, 1.165) is 12.0 Å². The van der Waals surface area contributed by atoms with Gasteiger partial charge in [-0.05, 0) is 49.0 Å². The molecular formula is C21H26ClN. The maximum absolute atomic E-state index is 2.75. The van der Waals surface area contributed by atoms with Crippen LogP contribution < -0.4 is 0 Å². The summed E-state index contributed by atoms with van der Waals surface area (Å²) in [5.41, 5.74) is 4.68. The van der Waals surface area contributed by atoms with Gasteiger partial charge in [-0.1, -0.05) is 61.5 Å². The first-order chi connectivity index (χ1) is 10.9. The van der Waals surface area contributed by atoms with Crippen LogP contribution in [0.1, 0.15) is 54.7 Å². The van der Waals surface area contributed by atoms with Crippen LogP contribution in [0.3, 0.4) is 0 Å². The number of halogens is 1. The highest BCUT2D eigenvalue weighted by Gasteiger charge is 2.41. The molecule has 1 nitrogen and oxygen atoms in total. The van der Waals surface area contributed by atoms with Gasteiger partial charge in [0.25, 0.3) is 0 Å². The molecule has 2 aromatic rings. The highest BCUT2D eigenvalue weighted by molar-refractivity contribution is 5.85. The Kier molecular flexibility index (Phi) is 5.08. The van der Waals surface area contributed by atoms with Gasteiger partial charge in [0.2, 0.25) is 0 Å². The second-order valence-electron chi connectivity index (χ2n) is 6.83. The van der Waals surface area contributed by atoms with Crippen LogP contribution >= 0.6 is 12.4 Å². The predicted octanol–water partition coefficient (Wildman–Crippen LogP) is 5.21. The summed E-state index contributed by atoms with van der Waals surface area (Å²) in [5.74, 6) is 1.32. The van der Waals surface area contributed by atoms with Crippen LogP contribution in [-0.2, 0) is 0 Å². The van der Waals surface area contributed by atoms with Gasteiger partial charge in [0.1, 0.15) is 0 Å². The molecule has 0 bridgehead atoms. The summed E-state index contributed by atoms with van der Waals surface area (Å²) in [7, 11) is 0. The molecule has 3 atom stereocenters. The van der Waals surface area contributed by atoms with Crippen molar-refractivity contribution in [3.8, 4) is 0 Å². The average molecular weight is 328 g/mol. The van der Waals surface area contributed by atoms with E-state index in [-0.39, 0.29) is 12.4 Å². The van der Waals surface area contributed by atoms with Gasteiger partial charge < -0.3 is 0 Å². The Morgan fingerprint density at radius 3 is 2.39 bits per heavy atom. The second kappa shape index (κ2) is 7.07. The fourth-order valence-corrected chi connectivity index (χ4v) is 4.69. The molecule has 122 valence electrons. The third-order valence-electron chi connectivity index (χ3n) is 5.62. The number of hydrogen-bond donors (Lipinski definition) is 0. The number of nitrogens with zero attached hydrogens (tertiary/aromatic N) is 1. The van der Waals surface area contributed by atoms with Crippen LogP contribution in [0, 0.1) is 0 Å². The van der Waals surface area contributed by atoms with Gasteiger partial charge in [0.15, 0.2) is 0 Å². The number of likely N-dealkylation sites (tertiary alicyclic amines) is 1. The largest absolute Gasteiger partial charge is 0.300 e. The number of hydrogen-bond acceptors (Lipinski definition) is 1. The van der Waals surface area contributed by atoms with Crippen LogP contribution in [0.4, 0.5) is 0 Å². The third-order valence-corrected chi connectivity index (χ3v) is 5.62. The van der Waals surface area contributed by atoms with E-state index in [0.29, 0.717) is 5.92 Å². The third kappa shape index (κ3) is 2.93. The Balaban J connectivity index is 0.00000156. The van der Waals surface area contributed by atoms with Gasteiger partial charge in [-0.25, -0.2) is 0 Å². The summed E-state index contributed by atoms with van der Waals surface area (Å²) in [4.78, 5) is 2.75. The molecule has 23 heavy (non-hydrogen) atoms. The van der Waals surface area contributed by atoms with Gasteiger partial charge in [0, 0.05) is 17.9 Å². The van der Waals surface area contributed by atoms with Crippen LogP contribution in [0.15, 0.2) is 54.6 Å². The molecule has 1 fully saturated rings. The smallest absolute Gasteiger partial charge is 0.0174 e. The van der Waals surface area contributed by atoms with Crippen molar-refractivity contribution in [3.63, 3.8) is 0 Å². The second-order valence-corrected chi connectivity index (χ2v) is 6.83. The van der Waals surface area contributed by atoms with Crippen molar-refractivity contribution in [2.45, 2.75) is 44.1 Å². The summed E-state index contributed by atoms with van der Waals surface area (Å²) >= 11 is 0. The zero-order valence-electron chi connectivity index (χ0n) is 13.8. The van der Waals surface area contributed by atoms with E-state index < -0.39 is 0 Å². The lowest BCUT2D eigenvalue weighted by Crippen LogP contribution is -2.37. The van der Waals surface area contributed by atoms with Crippen molar-refractivity contribution in [2.24, 2.45) is 0 Å². The standard InChI is InChI=1S/C21H25N.ClH/c1-2-13-22-14-12-19-17-10-6-7-11-18(17)20(15-21(19)22)16-8-4-3-5-9-16;/h3-11,19-21H,2,12-15H2,1H3;1H/t19-,20-,21-;/m0./s1. The Hall–Kier alpha value is -1.31. The minimum absolute atomic E-state index is 0. The molecule has 2 aromatic carbocycles. The summed E-state index contributed by atoms with van der Waals surface area (Å²) < 4.78 is 0. The average Bonchev–Trinajstić information content (AvgIpc) is 2.98. The normalized spacial score (nSPS) is 26.2. The van der Waals surface area contributed by atoms with E-state index in [4.69, 9.17) is 0 Å². The fourth-order valence-electron chi connectivity index (χ4n) is 4.69. The van der Waals surface area contributed by atoms with Crippen LogP contribution in [-0.4, -0.2) is 24.0 Å². The zero-order chi connectivity index (χ0) is 14.9. The maximum atomic E-state index is 2.75. The number of fused-ring (bicyclic) bond motifs is 3. The minimum Gasteiger partial charge on any atom is -0.300 e. The van der Waals surface area contributed by atoms with E-state index in [1.54, 1.807) is 11.1 Å². The van der Waals surface area contributed by atoms with Gasteiger partial charge in [-0.15, -0.1) is 12.4 Å². The first-order valence-electron chi connectivity index (χ1n) is 8.76. The van der Waals surface area contributed by atoms with E-state index in [2.05, 4.69) is 66.4 Å². The van der Waals surface area contributed by atoms with Crippen LogP contribution in [0.25, 0.3) is 0 Å². The Labute approximate surface area is 146 Å². The molecule has 2 heteroatoms. The molecule has 0 unspecified atom stereocenters. The zero-order valence-corrected chi connectivity index (χ0v) is 14.6. The van der Waals surface area contributed by atoms with Crippen molar-refractivity contribution in [1.29, 1.82) is 0 Å². The van der Waals surface area contributed by atoms with Crippen molar-refractivity contribution in [2.75, 3.05) is 13.1 Å². The van der Waals surface area contributed by atoms with Crippen LogP contribution in [0.2, 0.25) is 0 Å². The molecule has 0 saturated carbocycles. The highest BCUT2D eigenvalue weighted by Crippen LogP contribution is 2.48. The summed E-state index contributed by atoms with van der Waals surface area (Å²) in [6.45, 7) is 4.84. The lowest BCUT2D eigenvalue weighted by Gasteiger charge is -2.38. The van der Waals surface area contributed by atoms with Gasteiger partial charge in [-0.3, -0.25) is 4.90 Å². The quantitative estimate of drug-likeness (QED) is 0.747. The lowest BCUT2D eigenvalue weighted by molar-refractivity contribution is 0.220. The SMILES string of the molecule is CCCN1CC[C@H]2c3ccccc3[C@H](c3ccccc3)C[C@@H]21.Cl. The molecule has 0 N–H and O–H groups in total. The Morgan fingerprint density at radius 1 is 0.957 bits per heavy atom. The van der Waals surface area contributed by atoms with Gasteiger partial charge in [0.05, 0.1) is 0 Å². The van der Waals surface area contributed by atoms with Crippen molar-refractivity contribution < 1.29 is 0 Å². The molecule has 1 aliphatic heterocycles. The van der Waals surface area contributed by atoms with Gasteiger partial charge in [-0.2, -0.15) is 0 Å². The van der Waals surface area contributed by atoms with Gasteiger partial charge >= 0.3 is 0 Å². The Bertz CT molecular complexity index is 639. The molecule has 0 spiro atoms. The first kappa shape index (κ1) is 16.5. The topological polar surface area (TPSA) is 3.24 Å². The summed E-state index contributed by atoms with van der Waals surface area (Å²) in [6, 6.07) is 21.0. The highest BCUT2D eigenvalue weighted by atomic mass is 35.5. The van der Waals surface area contributed by atoms with Crippen molar-refractivity contribution in [1.82, 2.24) is 4.90 Å². The molecule has 0 radical (unpaired) electrons. The lowest BCUT2D eigenvalue weighted by atomic mass is 9.71. The minimum atomic E-state index is 0. The van der Waals surface area contributed by atoms with Crippen LogP contribution in [0.5, 0.6) is 0 Å². The van der Waals surface area contributed by atoms with Crippen molar-refractivity contribution in [3.05, 3.63) is 71.3 Å². The molecule has 2 aliphatic rings. The predicted molar refractivity (Wildman–Crippen MR) is 99.6 cm³/mol. The molecule has 1 aliphatic carbocycles. The molecule has 0 amide bonds. The first-order valence-corrected chi connectivity index (χ1v) is 8.76. The number of rotatable bonds is 3. The summed E-state index contributed by atoms with van der Waals surface area (Å²) in [5, 5.41) is 0. The Morgan fingerprint density at radius 2 is 1.65 bits per heavy atom. The van der Waals surface area contributed by atoms with Crippen molar-refractivity contribution >= 4 is 12.4 Å². The number of benzene rings is 2. The summed E-state index contributed by atoms with van der Waals surface area (Å²) in [6.07, 6.45) is 3.88. The molecule has 1 saturated heterocycles. The fraction of sp³-hybridized carbons (Fsp3) is 0.429. The monoisotopic (exact) mass is 327 g/mol. The van der Waals surface area contributed by atoms with E-state index >= 15 is 0 Å². The maximum Gasteiger partial charge on any atom is 0.0174 e. The molecule has 4 rings (SSSR count).